The number of carbonyl (C=O) groups is 1. The van der Waals surface area contributed by atoms with Gasteiger partial charge in [0.2, 0.25) is 5.79 Å². The Bertz CT molecular complexity index is 959. The molecule has 2 bridgehead atoms. The van der Waals surface area contributed by atoms with Crippen LogP contribution in [0.25, 0.3) is 0 Å². The second-order valence-corrected chi connectivity index (χ2v) is 13.6. The fourth-order valence-electron chi connectivity index (χ4n) is 7.82. The van der Waals surface area contributed by atoms with Crippen molar-refractivity contribution in [3.8, 4) is 0 Å². The first-order valence-electron chi connectivity index (χ1n) is 14.2. The fraction of sp³-hybridized carbons (Fsp3) is 0.833. The number of esters is 1. The molecular weight excluding hydrogens is 472 g/mol. The highest BCUT2D eigenvalue weighted by Gasteiger charge is 2.71. The van der Waals surface area contributed by atoms with Gasteiger partial charge in [0.15, 0.2) is 5.79 Å². The first-order chi connectivity index (χ1) is 17.2. The lowest BCUT2D eigenvalue weighted by Gasteiger charge is -2.66. The van der Waals surface area contributed by atoms with E-state index in [4.69, 9.17) is 18.9 Å². The number of hydrogen-bond acceptors (Lipinski definition) is 7. The summed E-state index contributed by atoms with van der Waals surface area (Å²) < 4.78 is 24.2. The summed E-state index contributed by atoms with van der Waals surface area (Å²) in [6.45, 7) is 15.6. The molecule has 5 aliphatic heterocycles. The van der Waals surface area contributed by atoms with E-state index in [9.17, 15) is 15.0 Å². The molecule has 0 aromatic carbocycles. The summed E-state index contributed by atoms with van der Waals surface area (Å²) in [5.74, 6) is -1.34. The number of ether oxygens (including phenoxy) is 4. The summed E-state index contributed by atoms with van der Waals surface area (Å²) in [4.78, 5) is 12.0. The van der Waals surface area contributed by atoms with Gasteiger partial charge in [-0.05, 0) is 88.9 Å². The van der Waals surface area contributed by atoms with Crippen molar-refractivity contribution in [3.05, 3.63) is 23.8 Å². The van der Waals surface area contributed by atoms with Gasteiger partial charge in [0.1, 0.15) is 23.9 Å². The minimum absolute atomic E-state index is 0.0401. The van der Waals surface area contributed by atoms with Gasteiger partial charge in [-0.15, -0.1) is 0 Å². The maximum absolute atomic E-state index is 12.0. The second kappa shape index (κ2) is 9.16. The molecule has 6 fully saturated rings. The van der Waals surface area contributed by atoms with Gasteiger partial charge in [0.05, 0.1) is 12.2 Å². The number of carbonyl (C=O) groups excluding carboxylic acids is 1. The Morgan fingerprint density at radius 3 is 2.41 bits per heavy atom. The number of hydrogen-bond donors (Lipinski definition) is 2. The molecule has 1 aliphatic carbocycles. The zero-order valence-electron chi connectivity index (χ0n) is 23.3. The van der Waals surface area contributed by atoms with Crippen molar-refractivity contribution in [2.75, 3.05) is 13.2 Å². The Labute approximate surface area is 221 Å². The van der Waals surface area contributed by atoms with Gasteiger partial charge >= 0.3 is 5.97 Å². The van der Waals surface area contributed by atoms with Gasteiger partial charge < -0.3 is 29.2 Å². The van der Waals surface area contributed by atoms with E-state index in [0.29, 0.717) is 36.9 Å². The zero-order valence-corrected chi connectivity index (χ0v) is 23.3. The Morgan fingerprint density at radius 2 is 1.78 bits per heavy atom. The van der Waals surface area contributed by atoms with E-state index in [1.54, 1.807) is 0 Å². The highest BCUT2D eigenvalue weighted by Crippen LogP contribution is 2.59. The average molecular weight is 519 g/mol. The van der Waals surface area contributed by atoms with Crippen LogP contribution in [0.1, 0.15) is 92.4 Å². The molecule has 0 radical (unpaired) electrons. The molecule has 5 saturated heterocycles. The first-order valence-corrected chi connectivity index (χ1v) is 14.2. The number of cyclic esters (lactones) is 1. The summed E-state index contributed by atoms with van der Waals surface area (Å²) in [7, 11) is 0. The number of rotatable bonds is 5. The van der Waals surface area contributed by atoms with E-state index in [-0.39, 0.29) is 17.9 Å². The molecule has 2 N–H and O–H groups in total. The van der Waals surface area contributed by atoms with Gasteiger partial charge in [-0.1, -0.05) is 32.1 Å². The molecule has 7 heteroatoms. The van der Waals surface area contributed by atoms with Crippen LogP contribution < -0.4 is 0 Å². The van der Waals surface area contributed by atoms with E-state index in [1.807, 2.05) is 19.9 Å². The summed E-state index contributed by atoms with van der Waals surface area (Å²) in [6, 6.07) is 0. The van der Waals surface area contributed by atoms with Crippen LogP contribution >= 0.6 is 0 Å². The summed E-state index contributed by atoms with van der Waals surface area (Å²) in [6.07, 6.45) is 9.09. The molecule has 7 atom stereocenters. The van der Waals surface area contributed by atoms with Crippen LogP contribution in [0.5, 0.6) is 0 Å². The van der Waals surface area contributed by atoms with Crippen molar-refractivity contribution in [1.29, 1.82) is 0 Å². The molecule has 1 spiro atoms. The number of fused-ring (bicyclic) bond motifs is 2. The van der Waals surface area contributed by atoms with E-state index < -0.39 is 34.8 Å². The van der Waals surface area contributed by atoms with Crippen molar-refractivity contribution in [1.82, 2.24) is 0 Å². The predicted molar refractivity (Wildman–Crippen MR) is 138 cm³/mol. The Balaban J connectivity index is 1.19. The fourth-order valence-corrected chi connectivity index (χ4v) is 7.82. The molecular formula is C30H46O7. The van der Waals surface area contributed by atoms with Crippen molar-refractivity contribution in [2.24, 2.45) is 23.2 Å². The number of allylic oxidation sites excluding steroid dienone is 2. The van der Waals surface area contributed by atoms with Crippen molar-refractivity contribution < 1.29 is 34.0 Å². The first kappa shape index (κ1) is 27.3. The lowest BCUT2D eigenvalue weighted by atomic mass is 9.58. The molecule has 5 heterocycles. The van der Waals surface area contributed by atoms with Crippen molar-refractivity contribution >= 4 is 5.97 Å². The lowest BCUT2D eigenvalue weighted by Crippen LogP contribution is -2.78. The molecule has 1 saturated carbocycles. The molecule has 208 valence electrons. The Kier molecular flexibility index (Phi) is 6.76. The molecule has 37 heavy (non-hydrogen) atoms. The topological polar surface area (TPSA) is 94.5 Å². The molecule has 6 aliphatic rings. The zero-order chi connectivity index (χ0) is 26.9. The molecule has 0 amide bonds. The van der Waals surface area contributed by atoms with E-state index >= 15 is 0 Å². The third kappa shape index (κ3) is 4.43. The highest BCUT2D eigenvalue weighted by molar-refractivity contribution is 5.91. The number of aliphatic hydroxyl groups excluding tert-OH is 1. The van der Waals surface area contributed by atoms with Crippen LogP contribution in [-0.4, -0.2) is 58.3 Å². The summed E-state index contributed by atoms with van der Waals surface area (Å²) in [5.41, 5.74) is 0.353. The average Bonchev–Trinajstić information content (AvgIpc) is 3.13. The third-order valence-electron chi connectivity index (χ3n) is 10.7. The monoisotopic (exact) mass is 518 g/mol. The minimum Gasteiger partial charge on any atom is -0.459 e. The number of aliphatic hydroxyl groups is 2. The largest absolute Gasteiger partial charge is 0.459 e. The van der Waals surface area contributed by atoms with Crippen LogP contribution in [0, 0.1) is 23.2 Å². The quantitative estimate of drug-likeness (QED) is 0.307. The summed E-state index contributed by atoms with van der Waals surface area (Å²) >= 11 is 0. The molecule has 6 rings (SSSR count). The third-order valence-corrected chi connectivity index (χ3v) is 10.7. The van der Waals surface area contributed by atoms with Gasteiger partial charge in [-0.2, -0.15) is 0 Å². The maximum Gasteiger partial charge on any atom is 0.336 e. The Hall–Kier alpha value is -1.25. The van der Waals surface area contributed by atoms with Crippen LogP contribution in [0.2, 0.25) is 0 Å². The Morgan fingerprint density at radius 1 is 1.03 bits per heavy atom. The predicted octanol–water partition coefficient (Wildman–Crippen LogP) is 4.80. The molecule has 0 aromatic heterocycles. The van der Waals surface area contributed by atoms with E-state index in [1.165, 1.54) is 5.57 Å². The normalized spacial score (nSPS) is 46.0. The highest BCUT2D eigenvalue weighted by atomic mass is 16.8. The standard InChI is InChI=1S/C30H46O7/c1-19-7-9-21(26(2,3)23(19)12-11-22-24(31)18-34-25(22)32)10-8-20-13-14-30(35-17-20)28(6)15-16-29(33,37-30)27(4,5)36-28/h11,20-21,23-24,31,33H,1,7-10,12-18H2,2-6H3/b22-11-/t20-,21-,23-,24-,28-,29-,30-/m0/s1. The van der Waals surface area contributed by atoms with Crippen LogP contribution in [-0.2, 0) is 23.7 Å². The molecule has 7 nitrogen and oxygen atoms in total. The minimum atomic E-state index is -1.32. The van der Waals surface area contributed by atoms with Crippen LogP contribution in [0.4, 0.5) is 0 Å². The molecule has 0 unspecified atom stereocenters. The molecule has 0 aromatic rings. The van der Waals surface area contributed by atoms with Crippen LogP contribution in [0.3, 0.4) is 0 Å². The van der Waals surface area contributed by atoms with Gasteiger partial charge in [-0.3, -0.25) is 0 Å². The van der Waals surface area contributed by atoms with Crippen molar-refractivity contribution in [2.45, 2.75) is 121 Å². The van der Waals surface area contributed by atoms with E-state index in [0.717, 1.165) is 44.9 Å². The van der Waals surface area contributed by atoms with Crippen LogP contribution in [0.15, 0.2) is 23.8 Å². The van der Waals surface area contributed by atoms with Crippen molar-refractivity contribution in [3.63, 3.8) is 0 Å². The van der Waals surface area contributed by atoms with E-state index in [2.05, 4.69) is 27.4 Å². The SMILES string of the molecule is C=C1CC[C@@H](CC[C@H]2CC[C@]3(OC2)O[C@@]2(O)CC[C@]3(C)OC2(C)C)C(C)(C)[C@H]1C/C=C1\C(=O)OC[C@@H]1O. The second-order valence-electron chi connectivity index (χ2n) is 13.6. The smallest absolute Gasteiger partial charge is 0.336 e. The van der Waals surface area contributed by atoms with Gasteiger partial charge in [0.25, 0.3) is 0 Å². The maximum atomic E-state index is 12.0. The van der Waals surface area contributed by atoms with Gasteiger partial charge in [-0.25, -0.2) is 4.79 Å². The lowest BCUT2D eigenvalue weighted by molar-refractivity contribution is -0.522. The summed E-state index contributed by atoms with van der Waals surface area (Å²) in [5, 5.41) is 21.3. The van der Waals surface area contributed by atoms with Gasteiger partial charge in [0, 0.05) is 12.8 Å².